The van der Waals surface area contributed by atoms with Crippen LogP contribution in [0, 0.1) is 37.3 Å². The number of terminal acetylenes is 1. The molecule has 1 saturated heterocycles. The highest BCUT2D eigenvalue weighted by atomic mass is 19.2. The van der Waals surface area contributed by atoms with Crippen LogP contribution in [0.3, 0.4) is 0 Å². The second-order valence-electron chi connectivity index (χ2n) is 7.91. The van der Waals surface area contributed by atoms with Crippen molar-refractivity contribution in [1.82, 2.24) is 14.8 Å². The molecule has 39 heavy (non-hydrogen) atoms. The van der Waals surface area contributed by atoms with Crippen molar-refractivity contribution in [2.45, 2.75) is 20.5 Å². The molecule has 2 heterocycles. The molecule has 0 unspecified atom stereocenters. The van der Waals surface area contributed by atoms with Crippen molar-refractivity contribution >= 4 is 12.2 Å². The number of anilines is 1. The van der Waals surface area contributed by atoms with E-state index in [1.165, 1.54) is 12.1 Å². The smallest absolute Gasteiger partial charge is 0.204 e. The highest BCUT2D eigenvalue weighted by molar-refractivity contribution is 5.52. The van der Waals surface area contributed by atoms with Crippen LogP contribution in [0.1, 0.15) is 18.2 Å². The standard InChI is InChI=1S/C12H15N3O.C7H15NO2.C6H4F2.C2H2.CH3NO/c1-9-11(8-16)14-15(12(9)13-2)10-6-4-3-5-7-10;1-7-5-8(10-6-7)3-4-9-2;7-5-3-1-2-4-6(5)8;1-2;2-1-3/h3-7,13,16H,8H2,1-2H3;7H,3-6H2,1-2H3;1-4H;1-2H;1H,(H2,2,3)/t;7-;;;/m.1.../s1. The van der Waals surface area contributed by atoms with Gasteiger partial charge in [-0.1, -0.05) is 37.3 Å². The molecule has 214 valence electrons. The molecular formula is C28H39F2N5O4. The zero-order chi connectivity index (χ0) is 29.6. The van der Waals surface area contributed by atoms with E-state index in [9.17, 15) is 13.9 Å². The van der Waals surface area contributed by atoms with E-state index in [4.69, 9.17) is 14.4 Å². The fraction of sp³-hybridized carbons (Fsp3) is 0.357. The van der Waals surface area contributed by atoms with Gasteiger partial charge in [0.1, 0.15) is 5.82 Å². The largest absolute Gasteiger partial charge is 0.390 e. The number of aliphatic hydroxyl groups is 1. The number of nitrogens with one attached hydrogen (secondary N) is 1. The van der Waals surface area contributed by atoms with Crippen LogP contribution in [0.2, 0.25) is 0 Å². The summed E-state index contributed by atoms with van der Waals surface area (Å²) in [5.74, 6) is -0.00731. The summed E-state index contributed by atoms with van der Waals surface area (Å²) in [6, 6.07) is 14.9. The number of carbonyl (C=O) groups is 1. The Bertz CT molecular complexity index is 1060. The molecule has 1 amide bonds. The summed E-state index contributed by atoms with van der Waals surface area (Å²) in [6.45, 7) is 7.65. The van der Waals surface area contributed by atoms with Crippen molar-refractivity contribution in [2.24, 2.45) is 11.7 Å². The van der Waals surface area contributed by atoms with Crippen molar-refractivity contribution in [3.8, 4) is 18.5 Å². The Hall–Kier alpha value is -3.82. The summed E-state index contributed by atoms with van der Waals surface area (Å²) < 4.78 is 30.6. The molecule has 2 aromatic carbocycles. The van der Waals surface area contributed by atoms with Crippen LogP contribution in [0.4, 0.5) is 14.6 Å². The van der Waals surface area contributed by atoms with Crippen molar-refractivity contribution in [2.75, 3.05) is 45.8 Å². The van der Waals surface area contributed by atoms with Crippen molar-refractivity contribution in [1.29, 1.82) is 0 Å². The maximum atomic E-state index is 11.9. The zero-order valence-corrected chi connectivity index (χ0v) is 22.9. The first-order chi connectivity index (χ1) is 18.8. The fourth-order valence-corrected chi connectivity index (χ4v) is 3.21. The van der Waals surface area contributed by atoms with Gasteiger partial charge in [0.25, 0.3) is 0 Å². The number of ether oxygens (including phenoxy) is 1. The number of benzene rings is 2. The normalized spacial score (nSPS) is 13.6. The number of primary amides is 1. The second kappa shape index (κ2) is 21.2. The number of para-hydroxylation sites is 1. The van der Waals surface area contributed by atoms with E-state index >= 15 is 0 Å². The lowest BCUT2D eigenvalue weighted by Crippen LogP contribution is -2.23. The van der Waals surface area contributed by atoms with Gasteiger partial charge in [-0.3, -0.25) is 9.63 Å². The van der Waals surface area contributed by atoms with Crippen LogP contribution in [0.25, 0.3) is 5.69 Å². The van der Waals surface area contributed by atoms with Gasteiger partial charge in [0.2, 0.25) is 6.41 Å². The Labute approximate surface area is 229 Å². The highest BCUT2D eigenvalue weighted by Gasteiger charge is 2.18. The molecule has 4 N–H and O–H groups in total. The molecule has 0 saturated carbocycles. The van der Waals surface area contributed by atoms with E-state index < -0.39 is 11.6 Å². The molecule has 4 rings (SSSR count). The number of halogens is 2. The molecule has 0 aliphatic carbocycles. The van der Waals surface area contributed by atoms with Gasteiger partial charge in [-0.15, -0.1) is 12.8 Å². The Morgan fingerprint density at radius 1 is 1.18 bits per heavy atom. The lowest BCUT2D eigenvalue weighted by atomic mass is 10.2. The van der Waals surface area contributed by atoms with E-state index in [0.717, 1.165) is 55.5 Å². The Morgan fingerprint density at radius 2 is 1.72 bits per heavy atom. The van der Waals surface area contributed by atoms with E-state index in [-0.39, 0.29) is 13.0 Å². The molecule has 1 atom stereocenters. The molecule has 1 aliphatic rings. The van der Waals surface area contributed by atoms with Gasteiger partial charge in [-0.25, -0.2) is 13.5 Å². The number of aliphatic hydroxyl groups excluding tert-OH is 1. The van der Waals surface area contributed by atoms with E-state index in [1.807, 2.05) is 49.4 Å². The van der Waals surface area contributed by atoms with Gasteiger partial charge in [0, 0.05) is 32.8 Å². The number of nitrogens with two attached hydrogens (primary N) is 1. The van der Waals surface area contributed by atoms with E-state index in [0.29, 0.717) is 11.6 Å². The van der Waals surface area contributed by atoms with Gasteiger partial charge >= 0.3 is 0 Å². The quantitative estimate of drug-likeness (QED) is 0.319. The molecule has 0 spiro atoms. The molecule has 1 aliphatic heterocycles. The number of hydrogen-bond donors (Lipinski definition) is 3. The third-order valence-electron chi connectivity index (χ3n) is 5.03. The zero-order valence-electron chi connectivity index (χ0n) is 22.9. The van der Waals surface area contributed by atoms with Crippen LogP contribution >= 0.6 is 0 Å². The van der Waals surface area contributed by atoms with Crippen molar-refractivity contribution in [3.05, 3.63) is 77.5 Å². The van der Waals surface area contributed by atoms with Crippen LogP contribution in [0.15, 0.2) is 54.6 Å². The monoisotopic (exact) mass is 547 g/mol. The summed E-state index contributed by atoms with van der Waals surface area (Å²) in [7, 11) is 3.56. The molecular weight excluding hydrogens is 508 g/mol. The van der Waals surface area contributed by atoms with Crippen LogP contribution in [0.5, 0.6) is 0 Å². The number of nitrogens with zero attached hydrogens (tertiary/aromatic N) is 3. The predicted molar refractivity (Wildman–Crippen MR) is 149 cm³/mol. The maximum absolute atomic E-state index is 11.9. The number of rotatable bonds is 6. The number of hydroxylamine groups is 2. The number of methoxy groups -OCH3 is 1. The summed E-state index contributed by atoms with van der Waals surface area (Å²) in [6.07, 6.45) is 8.25. The third kappa shape index (κ3) is 13.0. The number of amides is 1. The Balaban J connectivity index is 0.000000541. The number of hydrogen-bond acceptors (Lipinski definition) is 7. The summed E-state index contributed by atoms with van der Waals surface area (Å²) in [4.78, 5) is 13.9. The minimum absolute atomic E-state index is 0.0413. The number of carbonyl (C=O) groups excluding carboxylic acids is 1. The Kier molecular flexibility index (Phi) is 19.1. The SMILES string of the molecule is C#C.CNc1c(C)c(CO)nn1-c1ccccc1.COCCN1C[C@@H](C)CO1.Fc1ccccc1F.NC=O. The average Bonchev–Trinajstić information content (AvgIpc) is 3.53. The fourth-order valence-electron chi connectivity index (χ4n) is 3.21. The molecule has 1 aromatic heterocycles. The highest BCUT2D eigenvalue weighted by Crippen LogP contribution is 2.22. The average molecular weight is 548 g/mol. The van der Waals surface area contributed by atoms with Gasteiger partial charge in [-0.2, -0.15) is 10.2 Å². The van der Waals surface area contributed by atoms with Crippen LogP contribution in [-0.4, -0.2) is 66.8 Å². The summed E-state index contributed by atoms with van der Waals surface area (Å²) in [5.41, 5.74) is 6.83. The molecule has 9 nitrogen and oxygen atoms in total. The minimum atomic E-state index is -0.799. The minimum Gasteiger partial charge on any atom is -0.390 e. The topological polar surface area (TPSA) is 115 Å². The van der Waals surface area contributed by atoms with Crippen LogP contribution < -0.4 is 11.1 Å². The predicted octanol–water partition coefficient (Wildman–Crippen LogP) is 3.55. The molecule has 1 fully saturated rings. The van der Waals surface area contributed by atoms with E-state index in [1.54, 1.807) is 11.8 Å². The first kappa shape index (κ1) is 35.2. The lowest BCUT2D eigenvalue weighted by molar-refractivity contribution is -0.118. The van der Waals surface area contributed by atoms with E-state index in [2.05, 4.69) is 35.9 Å². The molecule has 3 aromatic rings. The van der Waals surface area contributed by atoms with Gasteiger partial charge in [0.05, 0.1) is 31.2 Å². The van der Waals surface area contributed by atoms with Gasteiger partial charge in [-0.05, 0) is 37.1 Å². The summed E-state index contributed by atoms with van der Waals surface area (Å²) >= 11 is 0. The lowest BCUT2D eigenvalue weighted by Gasteiger charge is -2.11. The van der Waals surface area contributed by atoms with Crippen LogP contribution in [-0.2, 0) is 21.0 Å². The molecule has 0 radical (unpaired) electrons. The molecule has 0 bridgehead atoms. The molecule has 11 heteroatoms. The Morgan fingerprint density at radius 3 is 2.13 bits per heavy atom. The van der Waals surface area contributed by atoms with Gasteiger partial charge in [0.15, 0.2) is 11.6 Å². The third-order valence-corrected chi connectivity index (χ3v) is 5.03. The van der Waals surface area contributed by atoms with Crippen molar-refractivity contribution < 1.29 is 28.3 Å². The second-order valence-corrected chi connectivity index (χ2v) is 7.91. The maximum Gasteiger partial charge on any atom is 0.204 e. The number of aromatic nitrogens is 2. The first-order valence-corrected chi connectivity index (χ1v) is 12.0. The van der Waals surface area contributed by atoms with Crippen molar-refractivity contribution in [3.63, 3.8) is 0 Å². The van der Waals surface area contributed by atoms with Gasteiger partial charge < -0.3 is 20.9 Å². The summed E-state index contributed by atoms with van der Waals surface area (Å²) in [5, 5.41) is 18.6. The first-order valence-electron chi connectivity index (χ1n) is 12.0.